The molecule has 0 spiro atoms. The molecule has 2 aromatic rings. The van der Waals surface area contributed by atoms with Gasteiger partial charge in [0.05, 0.1) is 12.8 Å². The van der Waals surface area contributed by atoms with Crippen LogP contribution in [0.3, 0.4) is 0 Å². The monoisotopic (exact) mass is 325 g/mol. The molecule has 2 aliphatic rings. The van der Waals surface area contributed by atoms with Crippen molar-refractivity contribution in [2.45, 2.75) is 12.8 Å². The number of fused-ring (bicyclic) bond motifs is 2. The van der Waals surface area contributed by atoms with Crippen molar-refractivity contribution >= 4 is 17.6 Å². The van der Waals surface area contributed by atoms with E-state index in [1.807, 2.05) is 22.2 Å². The highest BCUT2D eigenvalue weighted by Gasteiger charge is 2.34. The molecule has 1 fully saturated rings. The number of allylic oxidation sites excluding steroid dienone is 2. The van der Waals surface area contributed by atoms with Gasteiger partial charge in [0.1, 0.15) is 5.69 Å². The summed E-state index contributed by atoms with van der Waals surface area (Å²) in [6.07, 6.45) is 12.8. The van der Waals surface area contributed by atoms with Crippen LogP contribution < -0.4 is 4.80 Å². The molecule has 2 aromatic heterocycles. The van der Waals surface area contributed by atoms with Crippen molar-refractivity contribution in [1.29, 1.82) is 0 Å². The summed E-state index contributed by atoms with van der Waals surface area (Å²) >= 11 is 1.57. The second-order valence-electron chi connectivity index (χ2n) is 6.03. The van der Waals surface area contributed by atoms with E-state index in [1.54, 1.807) is 23.7 Å². The first-order chi connectivity index (χ1) is 11.3. The van der Waals surface area contributed by atoms with Crippen LogP contribution in [0.25, 0.3) is 11.5 Å². The number of hydrogen-bond donors (Lipinski definition) is 0. The van der Waals surface area contributed by atoms with E-state index >= 15 is 0 Å². The molecular formula is C18H19N3OS. The van der Waals surface area contributed by atoms with Gasteiger partial charge in [0.25, 0.3) is 0 Å². The van der Waals surface area contributed by atoms with Gasteiger partial charge in [-0.25, -0.2) is 4.68 Å². The minimum Gasteiger partial charge on any atom is -0.463 e. The van der Waals surface area contributed by atoms with Gasteiger partial charge in [0.2, 0.25) is 4.80 Å². The molecule has 0 amide bonds. The molecule has 4 nitrogen and oxygen atoms in total. The van der Waals surface area contributed by atoms with Crippen LogP contribution in [0.1, 0.15) is 12.8 Å². The van der Waals surface area contributed by atoms with E-state index in [9.17, 15) is 0 Å². The lowest BCUT2D eigenvalue weighted by molar-refractivity contribution is 0.572. The zero-order chi connectivity index (χ0) is 15.6. The van der Waals surface area contributed by atoms with Crippen molar-refractivity contribution in [3.05, 3.63) is 53.4 Å². The highest BCUT2D eigenvalue weighted by atomic mass is 32.1. The Balaban J connectivity index is 1.69. The van der Waals surface area contributed by atoms with E-state index in [1.165, 1.54) is 12.8 Å². The minimum absolute atomic E-state index is 0.536. The second-order valence-corrected chi connectivity index (χ2v) is 6.87. The highest BCUT2D eigenvalue weighted by Crippen LogP contribution is 2.42. The summed E-state index contributed by atoms with van der Waals surface area (Å²) in [6.45, 7) is 4.32. The molecule has 0 N–H and O–H groups in total. The molecule has 0 saturated heterocycles. The lowest BCUT2D eigenvalue weighted by Gasteiger charge is -2.12. The van der Waals surface area contributed by atoms with E-state index in [2.05, 4.69) is 29.9 Å². The van der Waals surface area contributed by atoms with Gasteiger partial charge in [-0.2, -0.15) is 5.10 Å². The van der Waals surface area contributed by atoms with Crippen LogP contribution in [0.15, 0.2) is 63.1 Å². The van der Waals surface area contributed by atoms with E-state index in [4.69, 9.17) is 9.52 Å². The summed E-state index contributed by atoms with van der Waals surface area (Å²) in [4.78, 5) is 5.41. The summed E-state index contributed by atoms with van der Waals surface area (Å²) in [6, 6.07) is 3.84. The number of hydrogen-bond acceptors (Lipinski definition) is 4. The van der Waals surface area contributed by atoms with Crippen molar-refractivity contribution in [2.24, 2.45) is 27.8 Å². The third kappa shape index (κ3) is 2.77. The van der Waals surface area contributed by atoms with Gasteiger partial charge in [-0.15, -0.1) is 17.9 Å². The molecule has 5 heteroatoms. The van der Waals surface area contributed by atoms with Crippen LogP contribution in [0.4, 0.5) is 0 Å². The quantitative estimate of drug-likeness (QED) is 0.606. The fourth-order valence-corrected chi connectivity index (χ4v) is 4.23. The maximum Gasteiger partial charge on any atom is 0.206 e. The fraction of sp³-hybridized carbons (Fsp3) is 0.333. The zero-order valence-corrected chi connectivity index (χ0v) is 13.7. The molecule has 23 heavy (non-hydrogen) atoms. The van der Waals surface area contributed by atoms with Gasteiger partial charge in [0, 0.05) is 17.5 Å². The van der Waals surface area contributed by atoms with Crippen LogP contribution in [0.5, 0.6) is 0 Å². The molecule has 118 valence electrons. The Labute approximate surface area is 139 Å². The average molecular weight is 325 g/mol. The van der Waals surface area contributed by atoms with Gasteiger partial charge in [-0.3, -0.25) is 4.99 Å². The van der Waals surface area contributed by atoms with Crippen LogP contribution in [-0.4, -0.2) is 17.4 Å². The number of thiazole rings is 1. The summed E-state index contributed by atoms with van der Waals surface area (Å²) in [7, 11) is 0. The largest absolute Gasteiger partial charge is 0.463 e. The Morgan fingerprint density at radius 1 is 1.39 bits per heavy atom. The van der Waals surface area contributed by atoms with Crippen LogP contribution in [0, 0.1) is 17.8 Å². The number of rotatable bonds is 5. The standard InChI is InChI=1S/C18H19N3OS/c1-2-7-19-18-21(16(12-23-18)17-4-3-8-22-17)20-11-15-10-13-5-6-14(15)9-13/h2-6,8,11-15H,1,7,9-10H2. The molecule has 4 rings (SSSR count). The van der Waals surface area contributed by atoms with E-state index in [-0.39, 0.29) is 0 Å². The molecule has 0 aromatic carbocycles. The second kappa shape index (κ2) is 6.16. The first-order valence-electron chi connectivity index (χ1n) is 7.94. The average Bonchev–Trinajstić information content (AvgIpc) is 3.34. The fourth-order valence-electron chi connectivity index (χ4n) is 3.40. The first kappa shape index (κ1) is 14.5. The molecule has 0 radical (unpaired) electrons. The number of furan rings is 1. The molecule has 3 unspecified atom stereocenters. The van der Waals surface area contributed by atoms with Crippen molar-refractivity contribution in [2.75, 3.05) is 6.54 Å². The van der Waals surface area contributed by atoms with Gasteiger partial charge in [-0.05, 0) is 36.8 Å². The lowest BCUT2D eigenvalue weighted by Crippen LogP contribution is -2.15. The summed E-state index contributed by atoms with van der Waals surface area (Å²) < 4.78 is 7.43. The van der Waals surface area contributed by atoms with Gasteiger partial charge in [0.15, 0.2) is 5.76 Å². The third-order valence-electron chi connectivity index (χ3n) is 4.52. The minimum atomic E-state index is 0.536. The Bertz CT molecular complexity index is 810. The van der Waals surface area contributed by atoms with Crippen molar-refractivity contribution in [3.8, 4) is 11.5 Å². The molecule has 2 bridgehead atoms. The highest BCUT2D eigenvalue weighted by molar-refractivity contribution is 7.07. The van der Waals surface area contributed by atoms with Crippen LogP contribution in [-0.2, 0) is 0 Å². The predicted octanol–water partition coefficient (Wildman–Crippen LogP) is 3.94. The lowest BCUT2D eigenvalue weighted by atomic mass is 9.95. The van der Waals surface area contributed by atoms with Crippen LogP contribution in [0.2, 0.25) is 0 Å². The third-order valence-corrected chi connectivity index (χ3v) is 5.37. The summed E-state index contributed by atoms with van der Waals surface area (Å²) in [5.74, 6) is 2.75. The van der Waals surface area contributed by atoms with Crippen molar-refractivity contribution < 1.29 is 4.42 Å². The van der Waals surface area contributed by atoms with Crippen LogP contribution >= 0.6 is 11.3 Å². The Kier molecular flexibility index (Phi) is 3.87. The Morgan fingerprint density at radius 3 is 3.04 bits per heavy atom. The molecule has 2 aliphatic carbocycles. The summed E-state index contributed by atoms with van der Waals surface area (Å²) in [5, 5.41) is 6.80. The SMILES string of the molecule is C=CCN=c1scc(-c2ccco2)n1N=CC1CC2C=CC1C2. The maximum atomic E-state index is 5.54. The number of aromatic nitrogens is 1. The molecule has 3 atom stereocenters. The molecule has 1 saturated carbocycles. The molecule has 2 heterocycles. The topological polar surface area (TPSA) is 42.8 Å². The van der Waals surface area contributed by atoms with Crippen molar-refractivity contribution in [3.63, 3.8) is 0 Å². The zero-order valence-electron chi connectivity index (χ0n) is 12.8. The number of nitrogens with zero attached hydrogens (tertiary/aromatic N) is 3. The van der Waals surface area contributed by atoms with E-state index in [0.29, 0.717) is 18.4 Å². The normalized spacial score (nSPS) is 26.6. The Hall–Kier alpha value is -2.14. The van der Waals surface area contributed by atoms with Gasteiger partial charge < -0.3 is 4.42 Å². The summed E-state index contributed by atoms with van der Waals surface area (Å²) in [5.41, 5.74) is 0.942. The van der Waals surface area contributed by atoms with Gasteiger partial charge in [-0.1, -0.05) is 18.2 Å². The van der Waals surface area contributed by atoms with Crippen molar-refractivity contribution in [1.82, 2.24) is 4.68 Å². The van der Waals surface area contributed by atoms with Gasteiger partial charge >= 0.3 is 0 Å². The predicted molar refractivity (Wildman–Crippen MR) is 93.4 cm³/mol. The van der Waals surface area contributed by atoms with E-state index in [0.717, 1.165) is 22.2 Å². The first-order valence-corrected chi connectivity index (χ1v) is 8.81. The molecular weight excluding hydrogens is 306 g/mol. The maximum absolute atomic E-state index is 5.54. The Morgan fingerprint density at radius 2 is 2.35 bits per heavy atom. The molecule has 0 aliphatic heterocycles. The van der Waals surface area contributed by atoms with E-state index < -0.39 is 0 Å². The smallest absolute Gasteiger partial charge is 0.206 e.